The fraction of sp³-hybridized carbons (Fsp3) is 0.190. The molecule has 6 nitrogen and oxygen atoms in total. The van der Waals surface area contributed by atoms with E-state index in [2.05, 4.69) is 15.4 Å². The minimum absolute atomic E-state index is 0.304. The number of carbonyl (C=O) groups excluding carboxylic acids is 1. The van der Waals surface area contributed by atoms with Gasteiger partial charge in [0.1, 0.15) is 5.52 Å². The lowest BCUT2D eigenvalue weighted by Crippen LogP contribution is -2.17. The molecule has 2 aromatic heterocycles. The van der Waals surface area contributed by atoms with Crippen LogP contribution in [0.3, 0.4) is 0 Å². The largest absolute Gasteiger partial charge is 0.435 e. The number of thioether (sulfide) groups is 1. The third kappa shape index (κ3) is 4.74. The van der Waals surface area contributed by atoms with Crippen LogP contribution in [0.25, 0.3) is 11.1 Å². The summed E-state index contributed by atoms with van der Waals surface area (Å²) in [7, 11) is 1.32. The maximum Gasteiger partial charge on any atom is 0.435 e. The summed E-state index contributed by atoms with van der Waals surface area (Å²) in [6.07, 6.45) is -3.69. The zero-order chi connectivity index (χ0) is 22.2. The number of halogens is 3. The number of rotatable bonds is 5. The number of carbonyl (C=O) groups is 1. The van der Waals surface area contributed by atoms with Crippen molar-refractivity contribution in [3.05, 3.63) is 71.0 Å². The molecule has 4 aromatic rings. The van der Waals surface area contributed by atoms with Gasteiger partial charge in [0.2, 0.25) is 0 Å². The minimum Gasteiger partial charge on any atom is -0.431 e. The van der Waals surface area contributed by atoms with Crippen molar-refractivity contribution in [2.75, 3.05) is 5.32 Å². The van der Waals surface area contributed by atoms with Crippen molar-refractivity contribution in [3.63, 3.8) is 0 Å². The van der Waals surface area contributed by atoms with Crippen molar-refractivity contribution in [2.24, 2.45) is 7.05 Å². The number of nitrogens with zero attached hydrogens (tertiary/aromatic N) is 3. The Hall–Kier alpha value is -3.27. The average molecular weight is 446 g/mol. The Kier molecular flexibility index (Phi) is 5.48. The summed E-state index contributed by atoms with van der Waals surface area (Å²) in [5, 5.41) is 6.28. The van der Waals surface area contributed by atoms with E-state index in [0.717, 1.165) is 16.4 Å². The Morgan fingerprint density at radius 2 is 1.94 bits per heavy atom. The highest BCUT2D eigenvalue weighted by Crippen LogP contribution is 2.31. The van der Waals surface area contributed by atoms with E-state index >= 15 is 0 Å². The first-order valence-corrected chi connectivity index (χ1v) is 10.2. The van der Waals surface area contributed by atoms with Crippen molar-refractivity contribution in [2.45, 2.75) is 24.1 Å². The van der Waals surface area contributed by atoms with E-state index in [4.69, 9.17) is 4.42 Å². The molecule has 2 aromatic carbocycles. The summed E-state index contributed by atoms with van der Waals surface area (Å²) < 4.78 is 46.0. The molecule has 0 aliphatic heterocycles. The zero-order valence-electron chi connectivity index (χ0n) is 16.5. The van der Waals surface area contributed by atoms with Crippen LogP contribution >= 0.6 is 11.8 Å². The third-order valence-electron chi connectivity index (χ3n) is 4.45. The fourth-order valence-corrected chi connectivity index (χ4v) is 3.73. The first-order chi connectivity index (χ1) is 14.7. The van der Waals surface area contributed by atoms with Crippen molar-refractivity contribution in [3.8, 4) is 0 Å². The van der Waals surface area contributed by atoms with Crippen LogP contribution in [-0.4, -0.2) is 20.7 Å². The van der Waals surface area contributed by atoms with Crippen LogP contribution < -0.4 is 5.32 Å². The van der Waals surface area contributed by atoms with E-state index in [9.17, 15) is 18.0 Å². The molecule has 0 saturated heterocycles. The number of oxazole rings is 1. The number of hydrogen-bond acceptors (Lipinski definition) is 5. The van der Waals surface area contributed by atoms with Gasteiger partial charge in [0.15, 0.2) is 11.3 Å². The molecule has 0 atom stereocenters. The first-order valence-electron chi connectivity index (χ1n) is 9.20. The molecule has 0 aliphatic rings. The van der Waals surface area contributed by atoms with Gasteiger partial charge in [-0.2, -0.15) is 18.3 Å². The predicted molar refractivity (Wildman–Crippen MR) is 111 cm³/mol. The normalized spacial score (nSPS) is 11.8. The van der Waals surface area contributed by atoms with Crippen LogP contribution in [0, 0.1) is 6.92 Å². The second-order valence-electron chi connectivity index (χ2n) is 6.95. The molecular formula is C21H17F3N4O2S. The fourth-order valence-electron chi connectivity index (χ4n) is 2.94. The van der Waals surface area contributed by atoms with Crippen LogP contribution in [-0.2, 0) is 19.0 Å². The Bertz CT molecular complexity index is 1250. The zero-order valence-corrected chi connectivity index (χ0v) is 17.3. The standard InChI is InChI=1S/C21H17F3N4O2S/c1-12-3-5-13(6-4-12)11-31-20-26-16-9-14(7-8-17(16)30-20)25-19(29)15-10-28(2)27-18(15)21(22,23)24/h3-10H,11H2,1-2H3,(H,25,29). The molecule has 0 unspecified atom stereocenters. The van der Waals surface area contributed by atoms with Gasteiger partial charge in [-0.15, -0.1) is 0 Å². The van der Waals surface area contributed by atoms with Crippen molar-refractivity contribution < 1.29 is 22.4 Å². The number of anilines is 1. The molecule has 0 aliphatic carbocycles. The quantitative estimate of drug-likeness (QED) is 0.414. The predicted octanol–water partition coefficient (Wildman–Crippen LogP) is 5.43. The second-order valence-corrected chi connectivity index (χ2v) is 7.88. The van der Waals surface area contributed by atoms with Crippen molar-refractivity contribution in [1.82, 2.24) is 14.8 Å². The lowest BCUT2D eigenvalue weighted by atomic mass is 10.2. The lowest BCUT2D eigenvalue weighted by molar-refractivity contribution is -0.141. The SMILES string of the molecule is Cc1ccc(CSc2nc3cc(NC(=O)c4cn(C)nc4C(F)(F)F)ccc3o2)cc1. The van der Waals surface area contributed by atoms with E-state index in [1.165, 1.54) is 24.4 Å². The summed E-state index contributed by atoms with van der Waals surface area (Å²) >= 11 is 1.43. The van der Waals surface area contributed by atoms with E-state index in [1.54, 1.807) is 18.2 Å². The van der Waals surface area contributed by atoms with Gasteiger partial charge in [-0.3, -0.25) is 9.48 Å². The van der Waals surface area contributed by atoms with E-state index in [-0.39, 0.29) is 0 Å². The number of hydrogen-bond donors (Lipinski definition) is 1. The highest BCUT2D eigenvalue weighted by Gasteiger charge is 2.39. The number of amides is 1. The van der Waals surface area contributed by atoms with Crippen LogP contribution in [0.15, 0.2) is 58.3 Å². The van der Waals surface area contributed by atoms with E-state index in [1.807, 2.05) is 31.2 Å². The summed E-state index contributed by atoms with van der Waals surface area (Å²) in [5.41, 5.74) is 1.84. The summed E-state index contributed by atoms with van der Waals surface area (Å²) in [5.74, 6) is -0.227. The lowest BCUT2D eigenvalue weighted by Gasteiger charge is -2.07. The number of aryl methyl sites for hydroxylation is 2. The highest BCUT2D eigenvalue weighted by molar-refractivity contribution is 7.98. The number of nitrogens with one attached hydrogen (secondary N) is 1. The van der Waals surface area contributed by atoms with Crippen molar-refractivity contribution >= 4 is 34.5 Å². The molecule has 0 fully saturated rings. The number of aromatic nitrogens is 3. The van der Waals surface area contributed by atoms with Crippen LogP contribution in [0.2, 0.25) is 0 Å². The van der Waals surface area contributed by atoms with Gasteiger partial charge in [0.25, 0.3) is 11.1 Å². The number of fused-ring (bicyclic) bond motifs is 1. The van der Waals surface area contributed by atoms with Gasteiger partial charge in [-0.25, -0.2) is 4.98 Å². The summed E-state index contributed by atoms with van der Waals surface area (Å²) in [6.45, 7) is 2.02. The third-order valence-corrected chi connectivity index (χ3v) is 5.35. The Morgan fingerprint density at radius 1 is 1.19 bits per heavy atom. The summed E-state index contributed by atoms with van der Waals surface area (Å²) in [4.78, 5) is 16.8. The highest BCUT2D eigenvalue weighted by atomic mass is 32.2. The van der Waals surface area contributed by atoms with Gasteiger partial charge in [0, 0.05) is 24.7 Å². The number of benzene rings is 2. The maximum absolute atomic E-state index is 13.1. The van der Waals surface area contributed by atoms with Gasteiger partial charge in [-0.05, 0) is 30.7 Å². The molecule has 4 rings (SSSR count). The molecule has 1 amide bonds. The van der Waals surface area contributed by atoms with Crippen LogP contribution in [0.4, 0.5) is 18.9 Å². The molecular weight excluding hydrogens is 429 g/mol. The molecule has 160 valence electrons. The molecule has 0 bridgehead atoms. The Labute approximate surface area is 179 Å². The second kappa shape index (κ2) is 8.10. The van der Waals surface area contributed by atoms with Crippen LogP contribution in [0.1, 0.15) is 27.2 Å². The molecule has 0 radical (unpaired) electrons. The number of alkyl halides is 3. The van der Waals surface area contributed by atoms with Gasteiger partial charge < -0.3 is 9.73 Å². The van der Waals surface area contributed by atoms with Gasteiger partial charge in [-0.1, -0.05) is 41.6 Å². The monoisotopic (exact) mass is 446 g/mol. The van der Waals surface area contributed by atoms with Crippen LogP contribution in [0.5, 0.6) is 0 Å². The average Bonchev–Trinajstić information content (AvgIpc) is 3.30. The molecule has 0 spiro atoms. The molecule has 0 saturated carbocycles. The molecule has 2 heterocycles. The maximum atomic E-state index is 13.1. The Balaban J connectivity index is 1.49. The molecule has 10 heteroatoms. The summed E-state index contributed by atoms with van der Waals surface area (Å²) in [6, 6.07) is 12.8. The first kappa shape index (κ1) is 21.0. The molecule has 31 heavy (non-hydrogen) atoms. The smallest absolute Gasteiger partial charge is 0.431 e. The van der Waals surface area contributed by atoms with Gasteiger partial charge >= 0.3 is 6.18 Å². The molecule has 1 N–H and O–H groups in total. The van der Waals surface area contributed by atoms with Gasteiger partial charge in [0.05, 0.1) is 5.56 Å². The van der Waals surface area contributed by atoms with Crippen molar-refractivity contribution in [1.29, 1.82) is 0 Å². The minimum atomic E-state index is -4.73. The van der Waals surface area contributed by atoms with E-state index in [0.29, 0.717) is 27.8 Å². The topological polar surface area (TPSA) is 73.0 Å². The Morgan fingerprint density at radius 3 is 2.65 bits per heavy atom. The van der Waals surface area contributed by atoms with E-state index < -0.39 is 23.3 Å².